The molecular formula is C13H27N3O. The van der Waals surface area contributed by atoms with Gasteiger partial charge in [0.25, 0.3) is 0 Å². The van der Waals surface area contributed by atoms with Gasteiger partial charge in [-0.1, -0.05) is 25.7 Å². The topological polar surface area (TPSA) is 53.2 Å². The van der Waals surface area contributed by atoms with Gasteiger partial charge in [0.1, 0.15) is 0 Å². The average Bonchev–Trinajstić information content (AvgIpc) is 2.60. The van der Waals surface area contributed by atoms with E-state index in [1.54, 1.807) is 0 Å². The van der Waals surface area contributed by atoms with E-state index < -0.39 is 0 Å². The van der Waals surface area contributed by atoms with Crippen molar-refractivity contribution in [3.8, 4) is 0 Å². The Kier molecular flexibility index (Phi) is 8.01. The first-order chi connectivity index (χ1) is 8.33. The van der Waals surface area contributed by atoms with Gasteiger partial charge < -0.3 is 16.0 Å². The molecule has 17 heavy (non-hydrogen) atoms. The Morgan fingerprint density at radius 2 is 1.76 bits per heavy atom. The summed E-state index contributed by atoms with van der Waals surface area (Å²) in [6, 6.07) is 0.673. The van der Waals surface area contributed by atoms with Crippen LogP contribution in [0.25, 0.3) is 0 Å². The summed E-state index contributed by atoms with van der Waals surface area (Å²) in [6.45, 7) is 2.40. The summed E-state index contributed by atoms with van der Waals surface area (Å²) in [5.41, 5.74) is 0. The second kappa shape index (κ2) is 9.42. The maximum absolute atomic E-state index is 11.3. The van der Waals surface area contributed by atoms with Gasteiger partial charge in [-0.15, -0.1) is 0 Å². The van der Waals surface area contributed by atoms with Crippen LogP contribution in [0.1, 0.15) is 44.9 Å². The summed E-state index contributed by atoms with van der Waals surface area (Å²) in [5, 5.41) is 9.45. The lowest BCUT2D eigenvalue weighted by atomic mass is 10.1. The number of nitrogens with one attached hydrogen (secondary N) is 3. The van der Waals surface area contributed by atoms with Gasteiger partial charge in [-0.3, -0.25) is 4.79 Å². The Hall–Kier alpha value is -0.610. The molecule has 100 valence electrons. The predicted octanol–water partition coefficient (Wildman–Crippen LogP) is 1.02. The Balaban J connectivity index is 1.97. The minimum Gasteiger partial charge on any atom is -0.355 e. The van der Waals surface area contributed by atoms with Crippen LogP contribution in [-0.2, 0) is 4.79 Å². The minimum absolute atomic E-state index is 0.141. The van der Waals surface area contributed by atoms with Gasteiger partial charge in [0.05, 0.1) is 0 Å². The van der Waals surface area contributed by atoms with E-state index in [-0.39, 0.29) is 5.91 Å². The second-order valence-corrected chi connectivity index (χ2v) is 4.85. The molecule has 0 radical (unpaired) electrons. The highest BCUT2D eigenvalue weighted by atomic mass is 16.1. The molecular weight excluding hydrogens is 214 g/mol. The van der Waals surface area contributed by atoms with Crippen molar-refractivity contribution < 1.29 is 4.79 Å². The number of amides is 1. The van der Waals surface area contributed by atoms with Crippen molar-refractivity contribution in [2.75, 3.05) is 26.7 Å². The van der Waals surface area contributed by atoms with Crippen LogP contribution >= 0.6 is 0 Å². The molecule has 1 saturated carbocycles. The molecule has 4 heteroatoms. The largest absolute Gasteiger partial charge is 0.355 e. The molecule has 0 atom stereocenters. The molecule has 1 amide bonds. The van der Waals surface area contributed by atoms with Crippen LogP contribution in [0.2, 0.25) is 0 Å². The zero-order valence-electron chi connectivity index (χ0n) is 11.1. The Morgan fingerprint density at radius 1 is 1.06 bits per heavy atom. The fourth-order valence-electron chi connectivity index (χ4n) is 2.29. The number of rotatable bonds is 7. The molecule has 0 aromatic heterocycles. The van der Waals surface area contributed by atoms with Crippen molar-refractivity contribution in [1.82, 2.24) is 16.0 Å². The zero-order valence-corrected chi connectivity index (χ0v) is 11.1. The van der Waals surface area contributed by atoms with E-state index in [1.807, 2.05) is 7.05 Å². The Labute approximate surface area is 105 Å². The Bertz CT molecular complexity index is 201. The summed E-state index contributed by atoms with van der Waals surface area (Å²) < 4.78 is 0. The van der Waals surface area contributed by atoms with Crippen molar-refractivity contribution in [3.05, 3.63) is 0 Å². The molecule has 3 N–H and O–H groups in total. The molecule has 0 saturated heterocycles. The smallest absolute Gasteiger partial charge is 0.221 e. The third kappa shape index (κ3) is 7.34. The number of hydrogen-bond donors (Lipinski definition) is 3. The van der Waals surface area contributed by atoms with Crippen molar-refractivity contribution in [1.29, 1.82) is 0 Å². The van der Waals surface area contributed by atoms with Crippen molar-refractivity contribution in [2.24, 2.45) is 0 Å². The van der Waals surface area contributed by atoms with Crippen LogP contribution in [0.15, 0.2) is 0 Å². The van der Waals surface area contributed by atoms with Crippen LogP contribution < -0.4 is 16.0 Å². The fourth-order valence-corrected chi connectivity index (χ4v) is 2.29. The Morgan fingerprint density at radius 3 is 2.41 bits per heavy atom. The molecule has 1 aliphatic rings. The van der Waals surface area contributed by atoms with Crippen molar-refractivity contribution >= 4 is 5.91 Å². The van der Waals surface area contributed by atoms with Crippen LogP contribution in [0.3, 0.4) is 0 Å². The fraction of sp³-hybridized carbons (Fsp3) is 0.923. The van der Waals surface area contributed by atoms with E-state index in [2.05, 4.69) is 16.0 Å². The molecule has 0 aromatic rings. The van der Waals surface area contributed by atoms with Crippen LogP contribution in [0.5, 0.6) is 0 Å². The number of hydrogen-bond acceptors (Lipinski definition) is 3. The quantitative estimate of drug-likeness (QED) is 0.461. The molecule has 0 aromatic carbocycles. The van der Waals surface area contributed by atoms with Gasteiger partial charge in [-0.25, -0.2) is 0 Å². The zero-order chi connectivity index (χ0) is 12.3. The van der Waals surface area contributed by atoms with Crippen molar-refractivity contribution in [2.45, 2.75) is 51.0 Å². The van der Waals surface area contributed by atoms with E-state index >= 15 is 0 Å². The molecule has 1 rings (SSSR count). The monoisotopic (exact) mass is 241 g/mol. The van der Waals surface area contributed by atoms with Crippen molar-refractivity contribution in [3.63, 3.8) is 0 Å². The van der Waals surface area contributed by atoms with Gasteiger partial charge in [-0.05, 0) is 19.9 Å². The molecule has 0 bridgehead atoms. The third-order valence-corrected chi connectivity index (χ3v) is 3.34. The highest BCUT2D eigenvalue weighted by Gasteiger charge is 2.10. The van der Waals surface area contributed by atoms with Crippen LogP contribution in [0.4, 0.5) is 0 Å². The lowest BCUT2D eigenvalue weighted by Gasteiger charge is -2.16. The summed E-state index contributed by atoms with van der Waals surface area (Å²) in [5.74, 6) is 0.141. The summed E-state index contributed by atoms with van der Waals surface area (Å²) >= 11 is 0. The summed E-state index contributed by atoms with van der Waals surface area (Å²) in [6.07, 6.45) is 8.65. The molecule has 0 spiro atoms. The standard InChI is InChI=1S/C13H27N3O/c1-14-9-8-13(17)16-11-10-15-12-6-4-2-3-5-7-12/h12,14-15H,2-11H2,1H3,(H,16,17). The molecule has 0 aliphatic heterocycles. The third-order valence-electron chi connectivity index (χ3n) is 3.34. The van der Waals surface area contributed by atoms with Crippen LogP contribution in [0, 0.1) is 0 Å². The first kappa shape index (κ1) is 14.5. The molecule has 0 heterocycles. The van der Waals surface area contributed by atoms with Crippen LogP contribution in [-0.4, -0.2) is 38.6 Å². The van der Waals surface area contributed by atoms with E-state index in [1.165, 1.54) is 38.5 Å². The summed E-state index contributed by atoms with van der Waals surface area (Å²) in [4.78, 5) is 11.3. The van der Waals surface area contributed by atoms with Gasteiger partial charge in [0, 0.05) is 32.1 Å². The lowest BCUT2D eigenvalue weighted by Crippen LogP contribution is -2.37. The first-order valence-electron chi connectivity index (χ1n) is 6.97. The second-order valence-electron chi connectivity index (χ2n) is 4.85. The van der Waals surface area contributed by atoms with Gasteiger partial charge in [0.15, 0.2) is 0 Å². The molecule has 4 nitrogen and oxygen atoms in total. The lowest BCUT2D eigenvalue weighted by molar-refractivity contribution is -0.120. The molecule has 0 unspecified atom stereocenters. The highest BCUT2D eigenvalue weighted by Crippen LogP contribution is 2.16. The van der Waals surface area contributed by atoms with E-state index in [4.69, 9.17) is 0 Å². The van der Waals surface area contributed by atoms with E-state index in [0.29, 0.717) is 12.5 Å². The van der Waals surface area contributed by atoms with Gasteiger partial charge >= 0.3 is 0 Å². The average molecular weight is 241 g/mol. The molecule has 1 aliphatic carbocycles. The van der Waals surface area contributed by atoms with E-state index in [0.717, 1.165) is 19.6 Å². The first-order valence-corrected chi connectivity index (χ1v) is 6.97. The summed E-state index contributed by atoms with van der Waals surface area (Å²) in [7, 11) is 1.86. The maximum Gasteiger partial charge on any atom is 0.221 e. The number of carbonyl (C=O) groups is 1. The maximum atomic E-state index is 11.3. The normalized spacial score (nSPS) is 17.7. The van der Waals surface area contributed by atoms with Gasteiger partial charge in [0.2, 0.25) is 5.91 Å². The highest BCUT2D eigenvalue weighted by molar-refractivity contribution is 5.76. The molecule has 1 fully saturated rings. The minimum atomic E-state index is 0.141. The number of carbonyl (C=O) groups excluding carboxylic acids is 1. The SMILES string of the molecule is CNCCC(=O)NCCNC1CCCCCC1. The predicted molar refractivity (Wildman–Crippen MR) is 71.0 cm³/mol. The van der Waals surface area contributed by atoms with Gasteiger partial charge in [-0.2, -0.15) is 0 Å². The van der Waals surface area contributed by atoms with E-state index in [9.17, 15) is 4.79 Å².